The lowest BCUT2D eigenvalue weighted by molar-refractivity contribution is 0.171. The molecule has 0 radical (unpaired) electrons. The van der Waals surface area contributed by atoms with Crippen LogP contribution in [0.15, 0.2) is 18.2 Å². The van der Waals surface area contributed by atoms with Crippen molar-refractivity contribution in [1.29, 1.82) is 0 Å². The van der Waals surface area contributed by atoms with Crippen molar-refractivity contribution in [3.8, 4) is 11.5 Å². The third kappa shape index (κ3) is 3.37. The molecular weight excluding hydrogens is 214 g/mol. The summed E-state index contributed by atoms with van der Waals surface area (Å²) < 4.78 is 11.1. The van der Waals surface area contributed by atoms with E-state index in [2.05, 4.69) is 31.0 Å². The number of nitrogens with zero attached hydrogens (tertiary/aromatic N) is 1. The average Bonchev–Trinajstić information content (AvgIpc) is 2.36. The Morgan fingerprint density at radius 3 is 2.65 bits per heavy atom. The van der Waals surface area contributed by atoms with Crippen LogP contribution in [0.1, 0.15) is 18.9 Å². The van der Waals surface area contributed by atoms with E-state index in [0.29, 0.717) is 13.2 Å². The maximum absolute atomic E-state index is 5.58. The first-order chi connectivity index (χ1) is 8.29. The monoisotopic (exact) mass is 235 g/mol. The molecule has 0 N–H and O–H groups in total. The predicted octanol–water partition coefficient (Wildman–Crippen LogP) is 2.34. The van der Waals surface area contributed by atoms with Crippen molar-refractivity contribution in [1.82, 2.24) is 4.90 Å². The third-order valence-corrected chi connectivity index (χ3v) is 2.99. The van der Waals surface area contributed by atoms with Crippen LogP contribution < -0.4 is 9.47 Å². The molecule has 0 aliphatic carbocycles. The van der Waals surface area contributed by atoms with E-state index in [0.717, 1.165) is 31.0 Å². The van der Waals surface area contributed by atoms with Crippen LogP contribution in [-0.2, 0) is 6.42 Å². The van der Waals surface area contributed by atoms with Gasteiger partial charge in [-0.2, -0.15) is 0 Å². The van der Waals surface area contributed by atoms with Crippen molar-refractivity contribution in [2.45, 2.75) is 19.8 Å². The van der Waals surface area contributed by atoms with Gasteiger partial charge < -0.3 is 14.4 Å². The molecule has 94 valence electrons. The van der Waals surface area contributed by atoms with Gasteiger partial charge in [-0.25, -0.2) is 0 Å². The zero-order chi connectivity index (χ0) is 12.1. The summed E-state index contributed by atoms with van der Waals surface area (Å²) in [6, 6.07) is 6.26. The Balaban J connectivity index is 1.93. The summed E-state index contributed by atoms with van der Waals surface area (Å²) in [5.41, 5.74) is 1.32. The molecule has 0 saturated carbocycles. The quantitative estimate of drug-likeness (QED) is 0.782. The summed E-state index contributed by atoms with van der Waals surface area (Å²) >= 11 is 0. The van der Waals surface area contributed by atoms with Gasteiger partial charge in [0, 0.05) is 6.54 Å². The zero-order valence-corrected chi connectivity index (χ0v) is 10.7. The molecule has 0 unspecified atom stereocenters. The highest BCUT2D eigenvalue weighted by Gasteiger charge is 2.11. The Morgan fingerprint density at radius 1 is 1.12 bits per heavy atom. The molecule has 0 atom stereocenters. The zero-order valence-electron chi connectivity index (χ0n) is 10.7. The lowest BCUT2D eigenvalue weighted by Crippen LogP contribution is -2.22. The second-order valence-corrected chi connectivity index (χ2v) is 4.53. The van der Waals surface area contributed by atoms with Crippen molar-refractivity contribution in [3.63, 3.8) is 0 Å². The minimum Gasteiger partial charge on any atom is -0.486 e. The van der Waals surface area contributed by atoms with Crippen molar-refractivity contribution in [3.05, 3.63) is 23.8 Å². The predicted molar refractivity (Wildman–Crippen MR) is 68.9 cm³/mol. The van der Waals surface area contributed by atoms with E-state index in [-0.39, 0.29) is 0 Å². The van der Waals surface area contributed by atoms with E-state index in [4.69, 9.17) is 9.47 Å². The summed E-state index contributed by atoms with van der Waals surface area (Å²) in [4.78, 5) is 2.36. The largest absolute Gasteiger partial charge is 0.486 e. The number of ether oxygens (including phenoxy) is 2. The summed E-state index contributed by atoms with van der Waals surface area (Å²) in [5.74, 6) is 1.77. The molecule has 1 aliphatic heterocycles. The van der Waals surface area contributed by atoms with Gasteiger partial charge in [0.1, 0.15) is 13.2 Å². The molecule has 17 heavy (non-hydrogen) atoms. The molecule has 0 saturated heterocycles. The molecule has 0 aromatic heterocycles. The van der Waals surface area contributed by atoms with Gasteiger partial charge in [-0.05, 0) is 44.1 Å². The lowest BCUT2D eigenvalue weighted by atomic mass is 10.1. The Kier molecular flexibility index (Phi) is 4.26. The van der Waals surface area contributed by atoms with Gasteiger partial charge in [0.25, 0.3) is 0 Å². The topological polar surface area (TPSA) is 21.7 Å². The highest BCUT2D eigenvalue weighted by atomic mass is 16.6. The Bertz CT molecular complexity index is 365. The number of hydrogen-bond donors (Lipinski definition) is 0. The Hall–Kier alpha value is -1.22. The SMILES string of the molecule is CCCN(C)CCc1ccc2c(c1)OCCO2. The number of benzene rings is 1. The fraction of sp³-hybridized carbons (Fsp3) is 0.571. The van der Waals surface area contributed by atoms with Crippen LogP contribution in [0.5, 0.6) is 11.5 Å². The van der Waals surface area contributed by atoms with Gasteiger partial charge in [-0.3, -0.25) is 0 Å². The Morgan fingerprint density at radius 2 is 1.88 bits per heavy atom. The van der Waals surface area contributed by atoms with Crippen LogP contribution in [0.2, 0.25) is 0 Å². The van der Waals surface area contributed by atoms with Crippen LogP contribution in [0, 0.1) is 0 Å². The van der Waals surface area contributed by atoms with Crippen LogP contribution in [0.25, 0.3) is 0 Å². The minimum absolute atomic E-state index is 0.658. The lowest BCUT2D eigenvalue weighted by Gasteiger charge is -2.20. The Labute approximate surface area is 103 Å². The normalized spacial score (nSPS) is 14.1. The number of fused-ring (bicyclic) bond motifs is 1. The first-order valence-electron chi connectivity index (χ1n) is 6.36. The average molecular weight is 235 g/mol. The van der Waals surface area contributed by atoms with Gasteiger partial charge in [0.2, 0.25) is 0 Å². The molecule has 3 heteroatoms. The second kappa shape index (κ2) is 5.92. The molecule has 0 spiro atoms. The fourth-order valence-corrected chi connectivity index (χ4v) is 2.06. The van der Waals surface area contributed by atoms with Crippen molar-refractivity contribution in [2.24, 2.45) is 0 Å². The summed E-state index contributed by atoms with van der Waals surface area (Å²) in [6.07, 6.45) is 2.27. The number of hydrogen-bond acceptors (Lipinski definition) is 3. The molecular formula is C14H21NO2. The van der Waals surface area contributed by atoms with Crippen LogP contribution in [0.3, 0.4) is 0 Å². The summed E-state index contributed by atoms with van der Waals surface area (Å²) in [7, 11) is 2.17. The van der Waals surface area contributed by atoms with E-state index in [1.807, 2.05) is 6.07 Å². The second-order valence-electron chi connectivity index (χ2n) is 4.53. The minimum atomic E-state index is 0.658. The third-order valence-electron chi connectivity index (χ3n) is 2.99. The molecule has 0 fully saturated rings. The first kappa shape index (κ1) is 12.2. The molecule has 1 aromatic carbocycles. The van der Waals surface area contributed by atoms with Gasteiger partial charge in [-0.15, -0.1) is 0 Å². The van der Waals surface area contributed by atoms with Crippen molar-refractivity contribution < 1.29 is 9.47 Å². The summed E-state index contributed by atoms with van der Waals surface area (Å²) in [6.45, 7) is 5.77. The van der Waals surface area contributed by atoms with E-state index >= 15 is 0 Å². The molecule has 1 aromatic rings. The molecule has 1 aliphatic rings. The molecule has 0 bridgehead atoms. The van der Waals surface area contributed by atoms with Gasteiger partial charge in [0.15, 0.2) is 11.5 Å². The maximum Gasteiger partial charge on any atom is 0.161 e. The van der Waals surface area contributed by atoms with Crippen LogP contribution in [0.4, 0.5) is 0 Å². The molecule has 3 nitrogen and oxygen atoms in total. The molecule has 0 amide bonds. The van der Waals surface area contributed by atoms with Crippen LogP contribution in [-0.4, -0.2) is 38.3 Å². The fourth-order valence-electron chi connectivity index (χ4n) is 2.06. The highest BCUT2D eigenvalue weighted by molar-refractivity contribution is 5.43. The first-order valence-corrected chi connectivity index (χ1v) is 6.36. The summed E-state index contributed by atoms with van der Waals surface area (Å²) in [5, 5.41) is 0. The van der Waals surface area contributed by atoms with Gasteiger partial charge >= 0.3 is 0 Å². The van der Waals surface area contributed by atoms with Crippen molar-refractivity contribution >= 4 is 0 Å². The van der Waals surface area contributed by atoms with Gasteiger partial charge in [0.05, 0.1) is 0 Å². The smallest absolute Gasteiger partial charge is 0.161 e. The van der Waals surface area contributed by atoms with E-state index in [1.165, 1.54) is 12.0 Å². The van der Waals surface area contributed by atoms with Crippen LogP contribution >= 0.6 is 0 Å². The molecule has 2 rings (SSSR count). The highest BCUT2D eigenvalue weighted by Crippen LogP contribution is 2.30. The van der Waals surface area contributed by atoms with E-state index in [9.17, 15) is 0 Å². The standard InChI is InChI=1S/C14H21NO2/c1-3-7-15(2)8-6-12-4-5-13-14(11-12)17-10-9-16-13/h4-5,11H,3,6-10H2,1-2H3. The van der Waals surface area contributed by atoms with Gasteiger partial charge in [-0.1, -0.05) is 13.0 Å². The van der Waals surface area contributed by atoms with Crippen molar-refractivity contribution in [2.75, 3.05) is 33.4 Å². The maximum atomic E-state index is 5.58. The molecule has 1 heterocycles. The number of likely N-dealkylation sites (N-methyl/N-ethyl adjacent to an activating group) is 1. The van der Waals surface area contributed by atoms with E-state index < -0.39 is 0 Å². The number of rotatable bonds is 5. The van der Waals surface area contributed by atoms with E-state index in [1.54, 1.807) is 0 Å².